The normalized spacial score (nSPS) is 10.6. The fourth-order valence-electron chi connectivity index (χ4n) is 2.13. The minimum absolute atomic E-state index is 0.233. The second-order valence-corrected chi connectivity index (χ2v) is 4.75. The highest BCUT2D eigenvalue weighted by atomic mass is 19.4. The molecule has 1 aromatic carbocycles. The molecule has 1 N–H and O–H groups in total. The van der Waals surface area contributed by atoms with Crippen LogP contribution in [0.15, 0.2) is 24.3 Å². The first kappa shape index (κ1) is 18.7. The van der Waals surface area contributed by atoms with Crippen molar-refractivity contribution in [1.29, 1.82) is 10.5 Å². The fourth-order valence-corrected chi connectivity index (χ4v) is 2.13. The molecule has 0 saturated heterocycles. The minimum Gasteiger partial charge on any atom is -0.480 e. The van der Waals surface area contributed by atoms with Gasteiger partial charge in [0, 0.05) is 11.1 Å². The molecule has 0 fully saturated rings. The van der Waals surface area contributed by atoms with Gasteiger partial charge >= 0.3 is 12.1 Å². The van der Waals surface area contributed by atoms with Crippen molar-refractivity contribution < 1.29 is 27.1 Å². The van der Waals surface area contributed by atoms with Gasteiger partial charge < -0.3 is 10.1 Å². The van der Waals surface area contributed by atoms with E-state index in [4.69, 9.17) is 4.74 Å². The van der Waals surface area contributed by atoms with Gasteiger partial charge in [-0.15, -0.1) is 0 Å². The Bertz CT molecular complexity index is 958. The van der Waals surface area contributed by atoms with Crippen LogP contribution in [0.5, 0.6) is 5.88 Å². The van der Waals surface area contributed by atoms with Crippen molar-refractivity contribution in [2.24, 2.45) is 0 Å². The summed E-state index contributed by atoms with van der Waals surface area (Å²) in [7, 11) is 1.08. The van der Waals surface area contributed by atoms with Gasteiger partial charge in [-0.05, 0) is 6.07 Å². The molecule has 0 spiro atoms. The maximum Gasteiger partial charge on any atom is 0.471 e. The van der Waals surface area contributed by atoms with Crippen molar-refractivity contribution in [3.05, 3.63) is 41.2 Å². The number of methoxy groups -OCH3 is 1. The van der Waals surface area contributed by atoms with E-state index in [9.17, 15) is 32.9 Å². The van der Waals surface area contributed by atoms with Crippen LogP contribution in [-0.4, -0.2) is 24.2 Å². The smallest absolute Gasteiger partial charge is 0.471 e. The van der Waals surface area contributed by atoms with E-state index in [0.717, 1.165) is 13.2 Å². The summed E-state index contributed by atoms with van der Waals surface area (Å²) in [6.07, 6.45) is -5.24. The summed E-state index contributed by atoms with van der Waals surface area (Å²) >= 11 is 0. The third kappa shape index (κ3) is 3.39. The monoisotopic (exact) mass is 364 g/mol. The van der Waals surface area contributed by atoms with Gasteiger partial charge in [-0.2, -0.15) is 28.7 Å². The largest absolute Gasteiger partial charge is 0.480 e. The number of aromatic nitrogens is 1. The van der Waals surface area contributed by atoms with Crippen LogP contribution in [0.3, 0.4) is 0 Å². The fraction of sp³-hybridized carbons (Fsp3) is 0.125. The summed E-state index contributed by atoms with van der Waals surface area (Å²) in [6, 6.07) is 8.26. The zero-order chi connectivity index (χ0) is 19.5. The van der Waals surface area contributed by atoms with E-state index in [1.807, 2.05) is 0 Å². The number of alkyl halides is 3. The van der Waals surface area contributed by atoms with Gasteiger partial charge in [0.2, 0.25) is 5.88 Å². The van der Waals surface area contributed by atoms with Crippen molar-refractivity contribution in [1.82, 2.24) is 4.98 Å². The number of hydrogen-bond acceptors (Lipinski definition) is 5. The van der Waals surface area contributed by atoms with Gasteiger partial charge in [0.05, 0.1) is 7.11 Å². The second-order valence-electron chi connectivity index (χ2n) is 4.75. The predicted octanol–water partition coefficient (Wildman–Crippen LogP) is 3.14. The highest BCUT2D eigenvalue weighted by Crippen LogP contribution is 2.37. The van der Waals surface area contributed by atoms with Crippen molar-refractivity contribution in [2.75, 3.05) is 12.4 Å². The molecule has 6 nitrogen and oxygen atoms in total. The third-order valence-electron chi connectivity index (χ3n) is 3.21. The topological polar surface area (TPSA) is 98.8 Å². The molecule has 2 rings (SSSR count). The Hall–Kier alpha value is -3.66. The molecule has 26 heavy (non-hydrogen) atoms. The lowest BCUT2D eigenvalue weighted by Gasteiger charge is -2.15. The Kier molecular flexibility index (Phi) is 5.08. The van der Waals surface area contributed by atoms with Crippen LogP contribution in [0, 0.1) is 28.5 Å². The second kappa shape index (κ2) is 7.07. The van der Waals surface area contributed by atoms with Gasteiger partial charge in [0.15, 0.2) is 5.82 Å². The van der Waals surface area contributed by atoms with Crippen LogP contribution in [-0.2, 0) is 4.79 Å². The van der Waals surface area contributed by atoms with Crippen LogP contribution < -0.4 is 10.1 Å². The maximum atomic E-state index is 14.2. The summed E-state index contributed by atoms with van der Waals surface area (Å²) in [5, 5.41) is 20.1. The zero-order valence-electron chi connectivity index (χ0n) is 13.0. The molecular formula is C16H8F4N4O2. The molecule has 0 atom stereocenters. The Morgan fingerprint density at radius 2 is 1.81 bits per heavy atom. The van der Waals surface area contributed by atoms with Gasteiger partial charge in [-0.25, -0.2) is 4.39 Å². The van der Waals surface area contributed by atoms with Gasteiger partial charge in [-0.3, -0.25) is 4.79 Å². The van der Waals surface area contributed by atoms with Crippen LogP contribution in [0.1, 0.15) is 11.1 Å². The highest BCUT2D eigenvalue weighted by Gasteiger charge is 2.40. The summed E-state index contributed by atoms with van der Waals surface area (Å²) < 4.78 is 56.6. The molecule has 0 aliphatic heterocycles. The van der Waals surface area contributed by atoms with E-state index in [-0.39, 0.29) is 16.7 Å². The number of anilines is 1. The molecule has 10 heteroatoms. The first-order chi connectivity index (χ1) is 12.2. The maximum absolute atomic E-state index is 14.2. The number of amides is 1. The Morgan fingerprint density at radius 3 is 2.31 bits per heavy atom. The summed E-state index contributed by atoms with van der Waals surface area (Å²) in [5.74, 6) is -4.49. The quantitative estimate of drug-likeness (QED) is 0.844. The number of pyridine rings is 1. The number of ether oxygens (including phenoxy) is 1. The number of hydrogen-bond donors (Lipinski definition) is 1. The molecule has 132 valence electrons. The predicted molar refractivity (Wildman–Crippen MR) is 80.3 cm³/mol. The first-order valence-electron chi connectivity index (χ1n) is 6.79. The number of carbonyl (C=O) groups excluding carboxylic acids is 1. The molecule has 0 unspecified atom stereocenters. The van der Waals surface area contributed by atoms with Crippen molar-refractivity contribution in [2.45, 2.75) is 6.18 Å². The molecule has 1 aromatic heterocycles. The third-order valence-corrected chi connectivity index (χ3v) is 3.21. The van der Waals surface area contributed by atoms with Crippen LogP contribution in [0.4, 0.5) is 23.4 Å². The first-order valence-corrected chi connectivity index (χ1v) is 6.79. The average Bonchev–Trinajstić information content (AvgIpc) is 2.60. The highest BCUT2D eigenvalue weighted by molar-refractivity contribution is 5.97. The lowest BCUT2D eigenvalue weighted by Crippen LogP contribution is -2.30. The van der Waals surface area contributed by atoms with Crippen LogP contribution in [0.25, 0.3) is 11.1 Å². The number of nitrogens with one attached hydrogen (secondary N) is 1. The lowest BCUT2D eigenvalue weighted by atomic mass is 9.96. The number of benzene rings is 1. The van der Waals surface area contributed by atoms with Crippen molar-refractivity contribution in [3.8, 4) is 29.1 Å². The van der Waals surface area contributed by atoms with E-state index in [1.54, 1.807) is 12.1 Å². The van der Waals surface area contributed by atoms with E-state index in [2.05, 4.69) is 4.98 Å². The molecule has 0 radical (unpaired) electrons. The van der Waals surface area contributed by atoms with Crippen LogP contribution >= 0.6 is 0 Å². The summed E-state index contributed by atoms with van der Waals surface area (Å²) in [5.41, 5.74) is -1.54. The molecule has 0 aliphatic rings. The van der Waals surface area contributed by atoms with E-state index in [0.29, 0.717) is 0 Å². The Balaban J connectivity index is 2.84. The molecule has 1 heterocycles. The molecule has 1 amide bonds. The van der Waals surface area contributed by atoms with Gasteiger partial charge in [0.1, 0.15) is 29.1 Å². The average molecular weight is 364 g/mol. The number of rotatable bonds is 3. The molecular weight excluding hydrogens is 356 g/mol. The molecule has 2 aromatic rings. The van der Waals surface area contributed by atoms with Gasteiger partial charge in [0.25, 0.3) is 0 Å². The molecule has 0 saturated carbocycles. The lowest BCUT2D eigenvalue weighted by molar-refractivity contribution is -0.167. The number of carbonyl (C=O) groups is 1. The zero-order valence-corrected chi connectivity index (χ0v) is 13.0. The van der Waals surface area contributed by atoms with Gasteiger partial charge in [-0.1, -0.05) is 18.2 Å². The van der Waals surface area contributed by atoms with E-state index < -0.39 is 35.2 Å². The number of nitriles is 2. The Labute approximate surface area is 144 Å². The molecule has 0 bridgehead atoms. The summed E-state index contributed by atoms with van der Waals surface area (Å²) in [6.45, 7) is 0. The van der Waals surface area contributed by atoms with E-state index >= 15 is 0 Å². The summed E-state index contributed by atoms with van der Waals surface area (Å²) in [4.78, 5) is 14.8. The van der Waals surface area contributed by atoms with Crippen molar-refractivity contribution in [3.63, 3.8) is 0 Å². The number of nitrogens with zero attached hydrogens (tertiary/aromatic N) is 3. The minimum atomic E-state index is -5.24. The number of halogens is 4. The molecule has 0 aliphatic carbocycles. The Morgan fingerprint density at radius 1 is 1.19 bits per heavy atom. The van der Waals surface area contributed by atoms with E-state index in [1.165, 1.54) is 23.5 Å². The van der Waals surface area contributed by atoms with Crippen molar-refractivity contribution >= 4 is 11.7 Å². The SMILES string of the molecule is COc1nc(NC(=O)C(F)(F)F)c(C#N)c(-c2ccccc2F)c1C#N. The standard InChI is InChI=1S/C16H8F4N4O2/c1-26-14-10(7-22)12(8-4-2-3-5-11(8)17)9(6-21)13(23-14)24-15(25)16(18,19)20/h2-5H,1H3,(H,23,24,25). The van der Waals surface area contributed by atoms with Crippen LogP contribution in [0.2, 0.25) is 0 Å².